The third kappa shape index (κ3) is 36.8. The summed E-state index contributed by atoms with van der Waals surface area (Å²) in [6.07, 6.45) is 51.7. The predicted octanol–water partition coefficient (Wildman–Crippen LogP) is 14.9. The fourth-order valence-electron chi connectivity index (χ4n) is 6.88. The van der Waals surface area contributed by atoms with E-state index in [2.05, 4.69) is 27.7 Å². The average molecular weight is 653 g/mol. The lowest BCUT2D eigenvalue weighted by Gasteiger charge is -2.20. The number of hydrogen-bond acceptors (Lipinski definition) is 2. The minimum absolute atomic E-state index is 0.441. The van der Waals surface area contributed by atoms with E-state index in [1.165, 1.54) is 218 Å². The topological polar surface area (TPSA) is 18.5 Å². The van der Waals surface area contributed by atoms with Crippen LogP contribution in [0.15, 0.2) is 0 Å². The zero-order valence-electron chi connectivity index (χ0n) is 32.1. The molecule has 0 aromatic rings. The molecule has 2 atom stereocenters. The summed E-state index contributed by atoms with van der Waals surface area (Å²) in [5.74, 6) is 0. The molecule has 0 aliphatic carbocycles. The van der Waals surface area contributed by atoms with Crippen LogP contribution in [0.5, 0.6) is 0 Å². The van der Waals surface area contributed by atoms with Crippen LogP contribution in [-0.4, -0.2) is 22.2 Å². The van der Waals surface area contributed by atoms with Gasteiger partial charge in [0.05, 0.1) is 0 Å². The van der Waals surface area contributed by atoms with Gasteiger partial charge in [0.2, 0.25) is 0 Å². The van der Waals surface area contributed by atoms with E-state index in [0.717, 1.165) is 12.8 Å². The third-order valence-corrected chi connectivity index (χ3v) is 11.5. The summed E-state index contributed by atoms with van der Waals surface area (Å²) in [5, 5.41) is 0. The Kier molecular flexibility index (Phi) is 40.4. The molecule has 0 radical (unpaired) electrons. The van der Waals surface area contributed by atoms with Gasteiger partial charge in [-0.05, 0) is 25.7 Å². The Bertz CT molecular complexity index is 469. The lowest BCUT2D eigenvalue weighted by molar-refractivity contribution is 0.103. The maximum absolute atomic E-state index is 6.30. The smallest absolute Gasteiger partial charge is 0.304 e. The van der Waals surface area contributed by atoms with Crippen molar-refractivity contribution in [3.8, 4) is 0 Å². The zero-order chi connectivity index (χ0) is 32.7. The summed E-state index contributed by atoms with van der Waals surface area (Å²) in [5.41, 5.74) is 0. The summed E-state index contributed by atoms with van der Waals surface area (Å²) in [6, 6.07) is 0. The first-order valence-electron chi connectivity index (χ1n) is 21.5. The maximum Gasteiger partial charge on any atom is 0.304 e. The van der Waals surface area contributed by atoms with Crippen molar-refractivity contribution in [2.24, 2.45) is 0 Å². The van der Waals surface area contributed by atoms with Gasteiger partial charge in [-0.15, -0.1) is 0 Å². The standard InChI is InChI=1S/C42H88O2Si/c1-5-9-11-13-15-17-19-21-23-25-27-29-31-33-35-37-39-41(7-3)43-45-44-42(8-4)40-38-36-34-32-30-28-26-24-22-20-18-16-14-12-10-6-2/h41-42H,5-40,45H2,1-4H3. The molecule has 0 fully saturated rings. The minimum Gasteiger partial charge on any atom is -0.396 e. The number of hydrogen-bond donors (Lipinski definition) is 0. The molecule has 272 valence electrons. The van der Waals surface area contributed by atoms with E-state index in [0.29, 0.717) is 12.2 Å². The predicted molar refractivity (Wildman–Crippen MR) is 207 cm³/mol. The Morgan fingerprint density at radius 2 is 0.489 bits per heavy atom. The molecule has 3 heteroatoms. The van der Waals surface area contributed by atoms with Gasteiger partial charge in [0.25, 0.3) is 0 Å². The second kappa shape index (κ2) is 40.3. The van der Waals surface area contributed by atoms with Crippen molar-refractivity contribution in [1.29, 1.82) is 0 Å². The molecule has 0 rings (SSSR count). The molecule has 0 amide bonds. The van der Waals surface area contributed by atoms with Crippen LogP contribution in [-0.2, 0) is 8.85 Å². The molecule has 45 heavy (non-hydrogen) atoms. The van der Waals surface area contributed by atoms with Gasteiger partial charge in [-0.1, -0.05) is 233 Å². The second-order valence-corrected chi connectivity index (χ2v) is 15.6. The monoisotopic (exact) mass is 653 g/mol. The summed E-state index contributed by atoms with van der Waals surface area (Å²) in [4.78, 5) is 0. The summed E-state index contributed by atoms with van der Waals surface area (Å²) in [7, 11) is -0.840. The zero-order valence-corrected chi connectivity index (χ0v) is 33.5. The van der Waals surface area contributed by atoms with Gasteiger partial charge in [0.15, 0.2) is 0 Å². The Hall–Kier alpha value is 0.137. The van der Waals surface area contributed by atoms with E-state index < -0.39 is 10.0 Å². The summed E-state index contributed by atoms with van der Waals surface area (Å²) >= 11 is 0. The van der Waals surface area contributed by atoms with Crippen LogP contribution in [0.25, 0.3) is 0 Å². The molecule has 0 aromatic carbocycles. The normalized spacial score (nSPS) is 13.3. The van der Waals surface area contributed by atoms with Crippen molar-refractivity contribution in [2.75, 3.05) is 0 Å². The minimum atomic E-state index is -0.840. The number of unbranched alkanes of at least 4 members (excludes halogenated alkanes) is 30. The van der Waals surface area contributed by atoms with Gasteiger partial charge in [-0.25, -0.2) is 0 Å². The largest absolute Gasteiger partial charge is 0.396 e. The van der Waals surface area contributed by atoms with E-state index in [1.54, 1.807) is 0 Å². The molecule has 0 aromatic heterocycles. The third-order valence-electron chi connectivity index (χ3n) is 10.3. The molecule has 0 N–H and O–H groups in total. The molecule has 0 bridgehead atoms. The lowest BCUT2D eigenvalue weighted by Crippen LogP contribution is -2.22. The molecule has 0 spiro atoms. The highest BCUT2D eigenvalue weighted by Crippen LogP contribution is 2.18. The fourth-order valence-corrected chi connectivity index (χ4v) is 8.15. The molecular weight excluding hydrogens is 565 g/mol. The second-order valence-electron chi connectivity index (χ2n) is 14.7. The van der Waals surface area contributed by atoms with Crippen molar-refractivity contribution >= 4 is 10.0 Å². The van der Waals surface area contributed by atoms with E-state index in [4.69, 9.17) is 8.85 Å². The van der Waals surface area contributed by atoms with Crippen molar-refractivity contribution in [2.45, 2.75) is 271 Å². The molecule has 0 aliphatic rings. The quantitative estimate of drug-likeness (QED) is 0.0484. The summed E-state index contributed by atoms with van der Waals surface area (Å²) in [6.45, 7) is 9.19. The van der Waals surface area contributed by atoms with Crippen LogP contribution in [0.2, 0.25) is 0 Å². The Morgan fingerprint density at radius 1 is 0.289 bits per heavy atom. The fraction of sp³-hybridized carbons (Fsp3) is 1.00. The van der Waals surface area contributed by atoms with Gasteiger partial charge in [0.1, 0.15) is 0 Å². The van der Waals surface area contributed by atoms with Crippen LogP contribution < -0.4 is 0 Å². The Labute approximate surface area is 289 Å². The molecule has 0 heterocycles. The molecule has 0 aliphatic heterocycles. The Morgan fingerprint density at radius 3 is 0.689 bits per heavy atom. The highest BCUT2D eigenvalue weighted by molar-refractivity contribution is 6.18. The maximum atomic E-state index is 6.30. The van der Waals surface area contributed by atoms with Crippen molar-refractivity contribution in [3.05, 3.63) is 0 Å². The van der Waals surface area contributed by atoms with E-state index >= 15 is 0 Å². The van der Waals surface area contributed by atoms with Crippen LogP contribution >= 0.6 is 0 Å². The molecule has 2 unspecified atom stereocenters. The van der Waals surface area contributed by atoms with Crippen LogP contribution in [0.1, 0.15) is 259 Å². The molecule has 2 nitrogen and oxygen atoms in total. The van der Waals surface area contributed by atoms with E-state index in [1.807, 2.05) is 0 Å². The lowest BCUT2D eigenvalue weighted by atomic mass is 10.0. The van der Waals surface area contributed by atoms with Gasteiger partial charge >= 0.3 is 10.0 Å². The van der Waals surface area contributed by atoms with Gasteiger partial charge in [-0.2, -0.15) is 0 Å². The van der Waals surface area contributed by atoms with Crippen molar-refractivity contribution in [1.82, 2.24) is 0 Å². The van der Waals surface area contributed by atoms with Crippen LogP contribution in [0.4, 0.5) is 0 Å². The van der Waals surface area contributed by atoms with Crippen molar-refractivity contribution < 1.29 is 8.85 Å². The van der Waals surface area contributed by atoms with Gasteiger partial charge < -0.3 is 8.85 Å². The Balaban J connectivity index is 3.46. The highest BCUT2D eigenvalue weighted by Gasteiger charge is 2.10. The van der Waals surface area contributed by atoms with E-state index in [9.17, 15) is 0 Å². The first-order chi connectivity index (χ1) is 22.3. The molecule has 0 saturated carbocycles. The first-order valence-corrected chi connectivity index (χ1v) is 22.7. The first kappa shape index (κ1) is 45.1. The average Bonchev–Trinajstić information content (AvgIpc) is 3.06. The molecular formula is C42H88O2Si. The number of rotatable bonds is 40. The summed E-state index contributed by atoms with van der Waals surface area (Å²) < 4.78 is 12.6. The molecule has 0 saturated heterocycles. The van der Waals surface area contributed by atoms with Crippen LogP contribution in [0.3, 0.4) is 0 Å². The van der Waals surface area contributed by atoms with E-state index in [-0.39, 0.29) is 0 Å². The SMILES string of the molecule is CCCCCCCCCCCCCCCCCCC(CC)O[SiH2]OC(CC)CCCCCCCCCCCCCCCCCC. The van der Waals surface area contributed by atoms with Crippen molar-refractivity contribution in [3.63, 3.8) is 0 Å². The van der Waals surface area contributed by atoms with Gasteiger partial charge in [-0.3, -0.25) is 0 Å². The van der Waals surface area contributed by atoms with Gasteiger partial charge in [0, 0.05) is 12.2 Å². The van der Waals surface area contributed by atoms with Crippen LogP contribution in [0, 0.1) is 0 Å². The highest BCUT2D eigenvalue weighted by atomic mass is 28.3.